The van der Waals surface area contributed by atoms with Crippen LogP contribution in [0, 0.1) is 11.2 Å². The number of benzene rings is 2. The van der Waals surface area contributed by atoms with Gasteiger partial charge in [0.2, 0.25) is 11.8 Å². The molecule has 3 amide bonds. The molecule has 234 valence electrons. The van der Waals surface area contributed by atoms with E-state index >= 15 is 4.39 Å². The van der Waals surface area contributed by atoms with E-state index in [2.05, 4.69) is 54.9 Å². The molecule has 1 aliphatic carbocycles. The van der Waals surface area contributed by atoms with Crippen LogP contribution in [-0.2, 0) is 22.7 Å². The Kier molecular flexibility index (Phi) is 8.22. The molecule has 7 nitrogen and oxygen atoms in total. The van der Waals surface area contributed by atoms with Crippen LogP contribution in [0.3, 0.4) is 0 Å². The Hall–Kier alpha value is -3.07. The maximum absolute atomic E-state index is 15.9. The average molecular weight is 621 g/mol. The molecule has 2 aromatic carbocycles. The average Bonchev–Trinajstić information content (AvgIpc) is 3.29. The third kappa shape index (κ3) is 6.09. The van der Waals surface area contributed by atoms with Crippen LogP contribution in [0.4, 0.5) is 4.39 Å². The maximum atomic E-state index is 15.9. The minimum atomic E-state index is -0.755. The van der Waals surface area contributed by atoms with Gasteiger partial charge in [0.05, 0.1) is 6.54 Å². The first-order valence-electron chi connectivity index (χ1n) is 15.7. The van der Waals surface area contributed by atoms with E-state index < -0.39 is 11.9 Å². The molecule has 1 N–H and O–H groups in total. The van der Waals surface area contributed by atoms with Crippen LogP contribution in [0.1, 0.15) is 86.8 Å². The zero-order chi connectivity index (χ0) is 31.4. The van der Waals surface area contributed by atoms with E-state index in [0.29, 0.717) is 23.2 Å². The quantitative estimate of drug-likeness (QED) is 0.413. The van der Waals surface area contributed by atoms with Crippen LogP contribution >= 0.6 is 11.6 Å². The molecule has 9 heteroatoms. The molecule has 4 aliphatic rings. The molecule has 6 rings (SSSR count). The van der Waals surface area contributed by atoms with Gasteiger partial charge in [0.25, 0.3) is 5.91 Å². The standard InChI is InChI=1S/C35H42ClFN4O3/c1-34(2)14-13-23(27(17-34)22-5-8-25(36)9-6-22)19-40-16-15-39(21-35(40,3)4)18-24-7-10-26-28(31(24)37)20-41(33(26)44)29-11-12-30(42)38-32(29)43/h5-10,29H,11-21H2,1-4H3,(H,38,42,43). The highest BCUT2D eigenvalue weighted by atomic mass is 35.5. The van der Waals surface area contributed by atoms with Crippen LogP contribution in [0.5, 0.6) is 0 Å². The number of allylic oxidation sites excluding steroid dienone is 1. The maximum Gasteiger partial charge on any atom is 0.255 e. The number of amides is 3. The van der Waals surface area contributed by atoms with Gasteiger partial charge in [-0.1, -0.05) is 49.2 Å². The van der Waals surface area contributed by atoms with E-state index in [-0.39, 0.29) is 48.0 Å². The van der Waals surface area contributed by atoms with Gasteiger partial charge in [0.1, 0.15) is 11.9 Å². The van der Waals surface area contributed by atoms with E-state index in [1.165, 1.54) is 28.0 Å². The van der Waals surface area contributed by atoms with Gasteiger partial charge in [-0.15, -0.1) is 0 Å². The van der Waals surface area contributed by atoms with E-state index in [0.717, 1.165) is 44.0 Å². The molecule has 1 atom stereocenters. The molecule has 3 heterocycles. The number of fused-ring (bicyclic) bond motifs is 1. The summed E-state index contributed by atoms with van der Waals surface area (Å²) in [7, 11) is 0. The van der Waals surface area contributed by atoms with Crippen LogP contribution in [-0.4, -0.2) is 70.2 Å². The van der Waals surface area contributed by atoms with Crippen LogP contribution in [0.25, 0.3) is 5.57 Å². The van der Waals surface area contributed by atoms with Gasteiger partial charge in [0, 0.05) is 66.4 Å². The van der Waals surface area contributed by atoms with Gasteiger partial charge in [-0.2, -0.15) is 0 Å². The summed E-state index contributed by atoms with van der Waals surface area (Å²) in [6.45, 7) is 13.1. The zero-order valence-electron chi connectivity index (χ0n) is 26.1. The molecule has 2 aromatic rings. The SMILES string of the molecule is CC1(C)CCC(CN2CCN(Cc3ccc4c(c3F)CN(C3CCC(=O)NC3=O)C4=O)CC2(C)C)=C(c2ccc(Cl)cc2)C1. The largest absolute Gasteiger partial charge is 0.322 e. The molecule has 2 saturated heterocycles. The predicted octanol–water partition coefficient (Wildman–Crippen LogP) is 5.80. The summed E-state index contributed by atoms with van der Waals surface area (Å²) in [5.41, 5.74) is 5.56. The summed E-state index contributed by atoms with van der Waals surface area (Å²) >= 11 is 6.21. The number of carbonyl (C=O) groups excluding carboxylic acids is 3. The van der Waals surface area contributed by atoms with Crippen molar-refractivity contribution in [3.05, 3.63) is 75.1 Å². The molecule has 1 unspecified atom stereocenters. The highest BCUT2D eigenvalue weighted by Gasteiger charge is 2.41. The van der Waals surface area contributed by atoms with Gasteiger partial charge in [-0.25, -0.2) is 4.39 Å². The van der Waals surface area contributed by atoms with E-state index in [1.54, 1.807) is 12.1 Å². The Labute approximate surface area is 264 Å². The summed E-state index contributed by atoms with van der Waals surface area (Å²) in [6, 6.07) is 10.9. The highest BCUT2D eigenvalue weighted by molar-refractivity contribution is 6.30. The molecular formula is C35H42ClFN4O3. The third-order valence-corrected chi connectivity index (χ3v) is 10.3. The Balaban J connectivity index is 1.15. The van der Waals surface area contributed by atoms with Crippen LogP contribution in [0.2, 0.25) is 5.02 Å². The molecule has 0 aromatic heterocycles. The summed E-state index contributed by atoms with van der Waals surface area (Å²) < 4.78 is 15.9. The van der Waals surface area contributed by atoms with E-state index in [9.17, 15) is 14.4 Å². The molecule has 2 fully saturated rings. The van der Waals surface area contributed by atoms with Crippen molar-refractivity contribution in [2.24, 2.45) is 5.41 Å². The minimum absolute atomic E-state index is 0.0429. The molecule has 0 saturated carbocycles. The van der Waals surface area contributed by atoms with Crippen molar-refractivity contribution < 1.29 is 18.8 Å². The number of nitrogens with one attached hydrogen (secondary N) is 1. The number of halogens is 2. The molecular weight excluding hydrogens is 579 g/mol. The summed E-state index contributed by atoms with van der Waals surface area (Å²) in [4.78, 5) is 43.4. The topological polar surface area (TPSA) is 73.0 Å². The number of imide groups is 1. The first-order chi connectivity index (χ1) is 20.8. The number of hydrogen-bond donors (Lipinski definition) is 1. The fraction of sp³-hybridized carbons (Fsp3) is 0.514. The first-order valence-corrected chi connectivity index (χ1v) is 16.1. The number of carbonyl (C=O) groups is 3. The lowest BCUT2D eigenvalue weighted by molar-refractivity contribution is -0.136. The molecule has 44 heavy (non-hydrogen) atoms. The molecule has 0 spiro atoms. The lowest BCUT2D eigenvalue weighted by Gasteiger charge is -2.48. The van der Waals surface area contributed by atoms with Crippen molar-refractivity contribution >= 4 is 34.9 Å². The fourth-order valence-electron chi connectivity index (χ4n) is 7.43. The third-order valence-electron chi connectivity index (χ3n) is 10.0. The van der Waals surface area contributed by atoms with Crippen LogP contribution < -0.4 is 5.32 Å². The molecule has 0 bridgehead atoms. The molecule has 0 radical (unpaired) electrons. The zero-order valence-corrected chi connectivity index (χ0v) is 26.9. The second kappa shape index (κ2) is 11.7. The Morgan fingerprint density at radius 2 is 1.73 bits per heavy atom. The summed E-state index contributed by atoms with van der Waals surface area (Å²) in [5, 5.41) is 3.05. The monoisotopic (exact) mass is 620 g/mol. The van der Waals surface area contributed by atoms with Gasteiger partial charge >= 0.3 is 0 Å². The lowest BCUT2D eigenvalue weighted by atomic mass is 9.72. The Morgan fingerprint density at radius 3 is 2.43 bits per heavy atom. The van der Waals surface area contributed by atoms with Gasteiger partial charge < -0.3 is 4.90 Å². The second-order valence-corrected chi connectivity index (χ2v) is 14.8. The van der Waals surface area contributed by atoms with Crippen molar-refractivity contribution in [2.45, 2.75) is 84.5 Å². The smallest absolute Gasteiger partial charge is 0.255 e. The van der Waals surface area contributed by atoms with Crippen LogP contribution in [0.15, 0.2) is 42.0 Å². The summed E-state index contributed by atoms with van der Waals surface area (Å²) in [5.74, 6) is -1.55. The second-order valence-electron chi connectivity index (χ2n) is 14.3. The van der Waals surface area contributed by atoms with Crippen molar-refractivity contribution in [1.29, 1.82) is 0 Å². The predicted molar refractivity (Wildman–Crippen MR) is 169 cm³/mol. The molecule has 3 aliphatic heterocycles. The number of hydrogen-bond acceptors (Lipinski definition) is 5. The summed E-state index contributed by atoms with van der Waals surface area (Å²) in [6.07, 6.45) is 3.72. The lowest BCUT2D eigenvalue weighted by Crippen LogP contribution is -2.59. The van der Waals surface area contributed by atoms with Crippen molar-refractivity contribution in [3.8, 4) is 0 Å². The Bertz CT molecular complexity index is 1530. The normalized spacial score (nSPS) is 24.1. The minimum Gasteiger partial charge on any atom is -0.322 e. The van der Waals surface area contributed by atoms with Gasteiger partial charge in [-0.05, 0) is 74.3 Å². The Morgan fingerprint density at radius 1 is 0.977 bits per heavy atom. The van der Waals surface area contributed by atoms with Gasteiger partial charge in [0.15, 0.2) is 0 Å². The fourth-order valence-corrected chi connectivity index (χ4v) is 7.56. The number of piperidine rings is 1. The van der Waals surface area contributed by atoms with E-state index in [4.69, 9.17) is 11.6 Å². The van der Waals surface area contributed by atoms with Crippen molar-refractivity contribution in [1.82, 2.24) is 20.0 Å². The first kappa shape index (κ1) is 30.9. The van der Waals surface area contributed by atoms with E-state index in [1.807, 2.05) is 12.1 Å². The number of piperazine rings is 1. The van der Waals surface area contributed by atoms with Crippen molar-refractivity contribution in [3.63, 3.8) is 0 Å². The highest BCUT2D eigenvalue weighted by Crippen LogP contribution is 2.44. The van der Waals surface area contributed by atoms with Crippen molar-refractivity contribution in [2.75, 3.05) is 26.2 Å². The number of rotatable bonds is 6. The number of nitrogens with zero attached hydrogens (tertiary/aromatic N) is 3. The van der Waals surface area contributed by atoms with Gasteiger partial charge in [-0.3, -0.25) is 29.5 Å².